The van der Waals surface area contributed by atoms with Crippen LogP contribution in [-0.4, -0.2) is 36.5 Å². The Bertz CT molecular complexity index is 987. The van der Waals surface area contributed by atoms with Crippen molar-refractivity contribution in [2.75, 3.05) is 26.0 Å². The van der Waals surface area contributed by atoms with Gasteiger partial charge in [-0.05, 0) is 25.1 Å². The van der Waals surface area contributed by atoms with Gasteiger partial charge < -0.3 is 15.0 Å². The summed E-state index contributed by atoms with van der Waals surface area (Å²) in [6, 6.07) is 12.1. The number of carbonyl (C=O) groups excluding carboxylic acids is 1. The number of ether oxygens (including phenoxy) is 1. The van der Waals surface area contributed by atoms with Crippen molar-refractivity contribution >= 4 is 38.8 Å². The minimum Gasteiger partial charge on any atom is -0.494 e. The molecular formula is C19H21N4O4S+. The normalized spacial score (nSPS) is 13.1. The van der Waals surface area contributed by atoms with Gasteiger partial charge in [-0.3, -0.25) is 14.9 Å². The number of likely N-dealkylation sites (N-methyl/N-ethyl adjacent to an activating group) is 1. The number of hydrogen-bond donors (Lipinski definition) is 2. The minimum absolute atomic E-state index is 0.0434. The topological polar surface area (TPSA) is 98.8 Å². The molecule has 3 rings (SSSR count). The highest BCUT2D eigenvalue weighted by atomic mass is 32.1. The molecule has 0 spiro atoms. The first-order valence-corrected chi connectivity index (χ1v) is 9.50. The molecule has 0 aliphatic heterocycles. The van der Waals surface area contributed by atoms with Gasteiger partial charge in [-0.2, -0.15) is 0 Å². The van der Waals surface area contributed by atoms with Crippen LogP contribution >= 0.6 is 11.3 Å². The summed E-state index contributed by atoms with van der Waals surface area (Å²) >= 11 is 1.63. The van der Waals surface area contributed by atoms with Crippen molar-refractivity contribution in [3.8, 4) is 5.75 Å². The van der Waals surface area contributed by atoms with Gasteiger partial charge in [0.05, 0.1) is 41.1 Å². The maximum absolute atomic E-state index is 12.5. The molecule has 3 aromatic rings. The standard InChI is InChI=1S/C19H20N4O4S/c1-12(19-21-15-6-4-5-7-17(15)28-19)22(2)11-18(24)20-14-9-8-13(23(25)26)10-16(14)27-3/h4-10,12H,11H2,1-3H3,(H,20,24)/p+1/t12-/m1/s1. The lowest BCUT2D eigenvalue weighted by Gasteiger charge is -2.19. The van der Waals surface area contributed by atoms with Gasteiger partial charge in [0.25, 0.3) is 11.6 Å². The molecule has 1 amide bonds. The molecule has 2 aromatic carbocycles. The van der Waals surface area contributed by atoms with Crippen LogP contribution in [0.5, 0.6) is 5.75 Å². The SMILES string of the molecule is COc1cc([N+](=O)[O-])ccc1NC(=O)C[NH+](C)[C@H](C)c1nc2ccccc2s1. The van der Waals surface area contributed by atoms with Gasteiger partial charge >= 0.3 is 0 Å². The number of nitro benzene ring substituents is 1. The fraction of sp³-hybridized carbons (Fsp3) is 0.263. The minimum atomic E-state index is -0.508. The third-order valence-corrected chi connectivity index (χ3v) is 5.75. The maximum Gasteiger partial charge on any atom is 0.279 e. The lowest BCUT2D eigenvalue weighted by molar-refractivity contribution is -0.902. The number of rotatable bonds is 7. The van der Waals surface area contributed by atoms with Crippen molar-refractivity contribution in [2.24, 2.45) is 0 Å². The molecule has 0 aliphatic carbocycles. The summed E-state index contributed by atoms with van der Waals surface area (Å²) < 4.78 is 6.28. The van der Waals surface area contributed by atoms with Crippen LogP contribution in [0.3, 0.4) is 0 Å². The van der Waals surface area contributed by atoms with E-state index in [1.165, 1.54) is 25.3 Å². The number of benzene rings is 2. The van der Waals surface area contributed by atoms with E-state index in [0.29, 0.717) is 5.69 Å². The number of amides is 1. The number of aromatic nitrogens is 1. The Morgan fingerprint density at radius 2 is 2.11 bits per heavy atom. The maximum atomic E-state index is 12.5. The number of quaternary nitrogens is 1. The van der Waals surface area contributed by atoms with Crippen molar-refractivity contribution in [1.29, 1.82) is 0 Å². The number of nitrogens with zero attached hydrogens (tertiary/aromatic N) is 2. The molecule has 0 bridgehead atoms. The number of thiazole rings is 1. The molecule has 1 unspecified atom stereocenters. The van der Waals surface area contributed by atoms with E-state index in [1.807, 2.05) is 38.2 Å². The summed E-state index contributed by atoms with van der Waals surface area (Å²) in [4.78, 5) is 28.5. The van der Waals surface area contributed by atoms with Crippen molar-refractivity contribution < 1.29 is 19.4 Å². The molecule has 1 aromatic heterocycles. The summed E-state index contributed by atoms with van der Waals surface area (Å²) in [6.45, 7) is 2.25. The van der Waals surface area contributed by atoms with Crippen molar-refractivity contribution in [2.45, 2.75) is 13.0 Å². The van der Waals surface area contributed by atoms with Crippen molar-refractivity contribution in [3.05, 3.63) is 57.6 Å². The number of nitrogens with one attached hydrogen (secondary N) is 2. The zero-order valence-corrected chi connectivity index (χ0v) is 16.6. The zero-order valence-electron chi connectivity index (χ0n) is 15.8. The molecule has 2 N–H and O–H groups in total. The third-order valence-electron chi connectivity index (χ3n) is 4.53. The number of para-hydroxylation sites is 1. The van der Waals surface area contributed by atoms with Gasteiger partial charge in [0, 0.05) is 6.07 Å². The second kappa shape index (κ2) is 8.32. The van der Waals surface area contributed by atoms with Gasteiger partial charge in [-0.1, -0.05) is 12.1 Å². The number of anilines is 1. The Labute approximate surface area is 165 Å². The summed E-state index contributed by atoms with van der Waals surface area (Å²) in [5.74, 6) is 0.0389. The average molecular weight is 401 g/mol. The van der Waals surface area contributed by atoms with Gasteiger partial charge in [0.1, 0.15) is 11.8 Å². The summed E-state index contributed by atoms with van der Waals surface area (Å²) in [5.41, 5.74) is 1.27. The molecule has 0 aliphatic rings. The Kier molecular flexibility index (Phi) is 5.86. The second-order valence-electron chi connectivity index (χ2n) is 6.45. The quantitative estimate of drug-likeness (QED) is 0.468. The number of hydrogen-bond acceptors (Lipinski definition) is 6. The Hall–Kier alpha value is -3.04. The third kappa shape index (κ3) is 4.26. The molecule has 2 atom stereocenters. The highest BCUT2D eigenvalue weighted by molar-refractivity contribution is 7.18. The fourth-order valence-electron chi connectivity index (χ4n) is 2.78. The number of fused-ring (bicyclic) bond motifs is 1. The monoisotopic (exact) mass is 401 g/mol. The Morgan fingerprint density at radius 3 is 2.79 bits per heavy atom. The number of nitro groups is 1. The lowest BCUT2D eigenvalue weighted by Crippen LogP contribution is -3.10. The van der Waals surface area contributed by atoms with Crippen molar-refractivity contribution in [3.63, 3.8) is 0 Å². The predicted molar refractivity (Wildman–Crippen MR) is 108 cm³/mol. The van der Waals surface area contributed by atoms with E-state index in [4.69, 9.17) is 4.74 Å². The predicted octanol–water partition coefficient (Wildman–Crippen LogP) is 2.43. The molecule has 9 heteroatoms. The Balaban J connectivity index is 1.67. The summed E-state index contributed by atoms with van der Waals surface area (Å²) in [7, 11) is 3.34. The van der Waals surface area contributed by atoms with E-state index < -0.39 is 4.92 Å². The lowest BCUT2D eigenvalue weighted by atomic mass is 10.2. The van der Waals surface area contributed by atoms with E-state index >= 15 is 0 Å². The van der Waals surface area contributed by atoms with Gasteiger partial charge in [0.2, 0.25) is 0 Å². The van der Waals surface area contributed by atoms with Crippen LogP contribution in [0.4, 0.5) is 11.4 Å². The van der Waals surface area contributed by atoms with E-state index in [0.717, 1.165) is 20.1 Å². The number of non-ortho nitro benzene ring substituents is 1. The highest BCUT2D eigenvalue weighted by Gasteiger charge is 2.23. The van der Waals surface area contributed by atoms with E-state index in [1.54, 1.807) is 11.3 Å². The zero-order chi connectivity index (χ0) is 20.3. The van der Waals surface area contributed by atoms with E-state index in [-0.39, 0.29) is 29.9 Å². The van der Waals surface area contributed by atoms with Crippen LogP contribution in [0.1, 0.15) is 18.0 Å². The van der Waals surface area contributed by atoms with Crippen LogP contribution < -0.4 is 15.0 Å². The molecule has 0 saturated heterocycles. The number of methoxy groups -OCH3 is 1. The molecular weight excluding hydrogens is 380 g/mol. The fourth-order valence-corrected chi connectivity index (χ4v) is 3.90. The molecule has 1 heterocycles. The molecule has 8 nitrogen and oxygen atoms in total. The first-order chi connectivity index (χ1) is 13.4. The summed E-state index contributed by atoms with van der Waals surface area (Å²) in [5, 5.41) is 14.6. The van der Waals surface area contributed by atoms with Crippen LogP contribution in [0.2, 0.25) is 0 Å². The second-order valence-corrected chi connectivity index (χ2v) is 7.52. The molecule has 146 valence electrons. The smallest absolute Gasteiger partial charge is 0.279 e. The van der Waals surface area contributed by atoms with Crippen molar-refractivity contribution in [1.82, 2.24) is 4.98 Å². The van der Waals surface area contributed by atoms with E-state index in [9.17, 15) is 14.9 Å². The van der Waals surface area contributed by atoms with Gasteiger partial charge in [-0.25, -0.2) is 4.98 Å². The van der Waals surface area contributed by atoms with Crippen LogP contribution in [0.15, 0.2) is 42.5 Å². The van der Waals surface area contributed by atoms with Crippen LogP contribution in [-0.2, 0) is 4.79 Å². The molecule has 28 heavy (non-hydrogen) atoms. The Morgan fingerprint density at radius 1 is 1.36 bits per heavy atom. The largest absolute Gasteiger partial charge is 0.494 e. The molecule has 0 saturated carbocycles. The summed E-state index contributed by atoms with van der Waals surface area (Å²) in [6.07, 6.45) is 0. The van der Waals surface area contributed by atoms with Crippen LogP contribution in [0, 0.1) is 10.1 Å². The van der Waals surface area contributed by atoms with E-state index in [2.05, 4.69) is 10.3 Å². The number of carbonyl (C=O) groups is 1. The van der Waals surface area contributed by atoms with Crippen LogP contribution in [0.25, 0.3) is 10.2 Å². The average Bonchev–Trinajstić information content (AvgIpc) is 3.11. The first-order valence-electron chi connectivity index (χ1n) is 8.69. The van der Waals surface area contributed by atoms with Gasteiger partial charge in [0.15, 0.2) is 11.6 Å². The molecule has 0 fully saturated rings. The van der Waals surface area contributed by atoms with Gasteiger partial charge in [-0.15, -0.1) is 11.3 Å². The highest BCUT2D eigenvalue weighted by Crippen LogP contribution is 2.29. The molecule has 0 radical (unpaired) electrons. The first kappa shape index (κ1) is 19.7.